The molecule has 0 aliphatic carbocycles. The van der Waals surface area contributed by atoms with E-state index in [4.69, 9.17) is 0 Å². The van der Waals surface area contributed by atoms with E-state index in [0.717, 1.165) is 31.0 Å². The third kappa shape index (κ3) is 4.34. The van der Waals surface area contributed by atoms with Crippen LogP contribution in [0.2, 0.25) is 0 Å². The summed E-state index contributed by atoms with van der Waals surface area (Å²) < 4.78 is 0. The molecule has 3 heteroatoms. The molecule has 0 atom stereocenters. The van der Waals surface area contributed by atoms with Crippen LogP contribution in [0.15, 0.2) is 30.3 Å². The standard InChI is InChI=1S/C17H26N2O/c1-15-9-13-19(14-10-15)12-6-11-18(2)17(20)16-7-4-3-5-8-16/h3-5,7-8,15H,6,9-14H2,1-2H3. The zero-order valence-corrected chi connectivity index (χ0v) is 12.7. The first kappa shape index (κ1) is 15.0. The van der Waals surface area contributed by atoms with E-state index in [9.17, 15) is 4.79 Å². The van der Waals surface area contributed by atoms with Crippen LogP contribution >= 0.6 is 0 Å². The summed E-state index contributed by atoms with van der Waals surface area (Å²) in [5, 5.41) is 0. The molecule has 0 aromatic heterocycles. The minimum Gasteiger partial charge on any atom is -0.342 e. The first-order valence-corrected chi connectivity index (χ1v) is 7.69. The molecule has 0 spiro atoms. The van der Waals surface area contributed by atoms with Crippen LogP contribution in [0.5, 0.6) is 0 Å². The van der Waals surface area contributed by atoms with E-state index < -0.39 is 0 Å². The Morgan fingerprint density at radius 2 is 1.90 bits per heavy atom. The maximum atomic E-state index is 12.2. The van der Waals surface area contributed by atoms with E-state index in [2.05, 4.69) is 11.8 Å². The molecule has 0 unspecified atom stereocenters. The number of benzene rings is 1. The van der Waals surface area contributed by atoms with Crippen LogP contribution in [-0.4, -0.2) is 48.9 Å². The third-order valence-electron chi connectivity index (χ3n) is 4.21. The Kier molecular flexibility index (Phi) is 5.60. The highest BCUT2D eigenvalue weighted by molar-refractivity contribution is 5.93. The van der Waals surface area contributed by atoms with Crippen molar-refractivity contribution in [2.75, 3.05) is 33.2 Å². The van der Waals surface area contributed by atoms with Gasteiger partial charge in [0.15, 0.2) is 0 Å². The monoisotopic (exact) mass is 274 g/mol. The van der Waals surface area contributed by atoms with Gasteiger partial charge in [0.05, 0.1) is 0 Å². The van der Waals surface area contributed by atoms with Gasteiger partial charge in [-0.3, -0.25) is 4.79 Å². The van der Waals surface area contributed by atoms with Crippen molar-refractivity contribution in [3.8, 4) is 0 Å². The maximum absolute atomic E-state index is 12.2. The Balaban J connectivity index is 1.70. The molecule has 3 nitrogen and oxygen atoms in total. The van der Waals surface area contributed by atoms with Gasteiger partial charge in [0.25, 0.3) is 5.91 Å². The van der Waals surface area contributed by atoms with E-state index in [0.29, 0.717) is 0 Å². The summed E-state index contributed by atoms with van der Waals surface area (Å²) in [5.74, 6) is 1.01. The Hall–Kier alpha value is -1.35. The van der Waals surface area contributed by atoms with Gasteiger partial charge in [0.1, 0.15) is 0 Å². The lowest BCUT2D eigenvalue weighted by Gasteiger charge is -2.30. The average Bonchev–Trinajstić information content (AvgIpc) is 2.49. The molecule has 2 rings (SSSR count). The predicted molar refractivity (Wildman–Crippen MR) is 82.9 cm³/mol. The van der Waals surface area contributed by atoms with Crippen LogP contribution in [0.4, 0.5) is 0 Å². The Morgan fingerprint density at radius 3 is 2.55 bits per heavy atom. The second-order valence-electron chi connectivity index (χ2n) is 5.97. The molecule has 20 heavy (non-hydrogen) atoms. The van der Waals surface area contributed by atoms with Gasteiger partial charge in [-0.15, -0.1) is 0 Å². The molecule has 0 radical (unpaired) electrons. The van der Waals surface area contributed by atoms with Crippen LogP contribution in [0.25, 0.3) is 0 Å². The lowest BCUT2D eigenvalue weighted by atomic mass is 9.99. The molecule has 0 N–H and O–H groups in total. The lowest BCUT2D eigenvalue weighted by molar-refractivity contribution is 0.0785. The highest BCUT2D eigenvalue weighted by atomic mass is 16.2. The highest BCUT2D eigenvalue weighted by Crippen LogP contribution is 2.16. The van der Waals surface area contributed by atoms with Crippen molar-refractivity contribution in [2.45, 2.75) is 26.2 Å². The summed E-state index contributed by atoms with van der Waals surface area (Å²) in [5.41, 5.74) is 0.779. The molecule has 0 bridgehead atoms. The molecular formula is C17H26N2O. The number of hydrogen-bond donors (Lipinski definition) is 0. The summed E-state index contributed by atoms with van der Waals surface area (Å²) in [6.07, 6.45) is 3.70. The summed E-state index contributed by atoms with van der Waals surface area (Å²) >= 11 is 0. The van der Waals surface area contributed by atoms with Crippen LogP contribution in [0.1, 0.15) is 36.5 Å². The largest absolute Gasteiger partial charge is 0.342 e. The van der Waals surface area contributed by atoms with Crippen molar-refractivity contribution in [3.05, 3.63) is 35.9 Å². The topological polar surface area (TPSA) is 23.6 Å². The second-order valence-corrected chi connectivity index (χ2v) is 5.97. The van der Waals surface area contributed by atoms with Gasteiger partial charge in [-0.25, -0.2) is 0 Å². The van der Waals surface area contributed by atoms with Crippen molar-refractivity contribution in [1.82, 2.24) is 9.80 Å². The number of piperidine rings is 1. The number of rotatable bonds is 5. The minimum absolute atomic E-state index is 0.123. The van der Waals surface area contributed by atoms with Gasteiger partial charge >= 0.3 is 0 Å². The quantitative estimate of drug-likeness (QED) is 0.824. The van der Waals surface area contributed by atoms with Gasteiger partial charge < -0.3 is 9.80 Å². The fraction of sp³-hybridized carbons (Fsp3) is 0.588. The van der Waals surface area contributed by atoms with Crippen molar-refractivity contribution in [2.24, 2.45) is 5.92 Å². The number of carbonyl (C=O) groups is 1. The van der Waals surface area contributed by atoms with Gasteiger partial charge in [-0.05, 0) is 56.9 Å². The van der Waals surface area contributed by atoms with Crippen molar-refractivity contribution in [3.63, 3.8) is 0 Å². The smallest absolute Gasteiger partial charge is 0.253 e. The number of nitrogens with zero attached hydrogens (tertiary/aromatic N) is 2. The van der Waals surface area contributed by atoms with Crippen molar-refractivity contribution >= 4 is 5.91 Å². The Bertz CT molecular complexity index is 410. The molecule has 1 aromatic carbocycles. The third-order valence-corrected chi connectivity index (χ3v) is 4.21. The van der Waals surface area contributed by atoms with Gasteiger partial charge in [-0.2, -0.15) is 0 Å². The number of amides is 1. The van der Waals surface area contributed by atoms with E-state index in [1.165, 1.54) is 25.9 Å². The van der Waals surface area contributed by atoms with Crippen molar-refractivity contribution in [1.29, 1.82) is 0 Å². The first-order chi connectivity index (χ1) is 9.66. The van der Waals surface area contributed by atoms with Crippen LogP contribution in [-0.2, 0) is 0 Å². The summed E-state index contributed by atoms with van der Waals surface area (Å²) in [6, 6.07) is 9.52. The average molecular weight is 274 g/mol. The fourth-order valence-electron chi connectivity index (χ4n) is 2.72. The Morgan fingerprint density at radius 1 is 1.25 bits per heavy atom. The molecule has 1 amide bonds. The molecule has 110 valence electrons. The molecule has 1 heterocycles. The van der Waals surface area contributed by atoms with Crippen LogP contribution in [0, 0.1) is 5.92 Å². The normalized spacial score (nSPS) is 17.1. The first-order valence-electron chi connectivity index (χ1n) is 7.69. The molecule has 1 fully saturated rings. The van der Waals surface area contributed by atoms with Gasteiger partial charge in [-0.1, -0.05) is 25.1 Å². The predicted octanol–water partition coefficient (Wildman–Crippen LogP) is 2.88. The number of carbonyl (C=O) groups excluding carboxylic acids is 1. The van der Waals surface area contributed by atoms with Gasteiger partial charge in [0.2, 0.25) is 0 Å². The summed E-state index contributed by atoms with van der Waals surface area (Å²) in [4.78, 5) is 16.5. The van der Waals surface area contributed by atoms with E-state index in [1.807, 2.05) is 42.3 Å². The molecule has 1 aromatic rings. The van der Waals surface area contributed by atoms with Crippen LogP contribution in [0.3, 0.4) is 0 Å². The molecular weight excluding hydrogens is 248 g/mol. The van der Waals surface area contributed by atoms with E-state index in [-0.39, 0.29) is 5.91 Å². The molecule has 0 saturated carbocycles. The highest BCUT2D eigenvalue weighted by Gasteiger charge is 2.16. The SMILES string of the molecule is CC1CCN(CCCN(C)C(=O)c2ccccc2)CC1. The van der Waals surface area contributed by atoms with Crippen LogP contribution < -0.4 is 0 Å². The number of hydrogen-bond acceptors (Lipinski definition) is 2. The second kappa shape index (κ2) is 7.44. The molecule has 1 aliphatic heterocycles. The van der Waals surface area contributed by atoms with E-state index in [1.54, 1.807) is 0 Å². The van der Waals surface area contributed by atoms with Gasteiger partial charge in [0, 0.05) is 19.2 Å². The fourth-order valence-corrected chi connectivity index (χ4v) is 2.72. The number of likely N-dealkylation sites (tertiary alicyclic amines) is 1. The Labute approximate surface area is 122 Å². The minimum atomic E-state index is 0.123. The molecule has 1 aliphatic rings. The summed E-state index contributed by atoms with van der Waals surface area (Å²) in [6.45, 7) is 6.72. The maximum Gasteiger partial charge on any atom is 0.253 e. The van der Waals surface area contributed by atoms with Crippen molar-refractivity contribution < 1.29 is 4.79 Å². The lowest BCUT2D eigenvalue weighted by Crippen LogP contribution is -2.36. The molecule has 1 saturated heterocycles. The zero-order valence-electron chi connectivity index (χ0n) is 12.7. The van der Waals surface area contributed by atoms with E-state index >= 15 is 0 Å². The zero-order chi connectivity index (χ0) is 14.4. The summed E-state index contributed by atoms with van der Waals surface area (Å²) in [7, 11) is 1.90.